The van der Waals surface area contributed by atoms with Crippen LogP contribution in [0.1, 0.15) is 245 Å². The van der Waals surface area contributed by atoms with Gasteiger partial charge in [-0.2, -0.15) is 0 Å². The van der Waals surface area contributed by atoms with Gasteiger partial charge >= 0.3 is 0 Å². The summed E-state index contributed by atoms with van der Waals surface area (Å²) in [5, 5.41) is 43.7. The van der Waals surface area contributed by atoms with E-state index >= 15 is 0 Å². The Morgan fingerprint density at radius 3 is 1.17 bits per heavy atom. The Hall–Kier alpha value is -1.21. The molecule has 0 saturated heterocycles. The zero-order valence-corrected chi connectivity index (χ0v) is 36.0. The topological polar surface area (TPSA) is 110 Å². The highest BCUT2D eigenvalue weighted by molar-refractivity contribution is 5.80. The molecule has 54 heavy (non-hydrogen) atoms. The SMILES string of the molecule is CCCCC/C=C\C=C/CCCCCCCC(O)C(=O)NC(CO)C(O)C(O)CCCCCCCCCCCCCCCCCCCCCCCCCC. The van der Waals surface area contributed by atoms with Crippen LogP contribution in [0.25, 0.3) is 0 Å². The lowest BCUT2D eigenvalue weighted by atomic mass is 9.99. The van der Waals surface area contributed by atoms with Crippen molar-refractivity contribution in [3.63, 3.8) is 0 Å². The third kappa shape index (κ3) is 36.4. The first-order valence-corrected chi connectivity index (χ1v) is 23.7. The summed E-state index contributed by atoms with van der Waals surface area (Å²) in [6, 6.07) is -0.990. The highest BCUT2D eigenvalue weighted by Crippen LogP contribution is 2.17. The highest BCUT2D eigenvalue weighted by Gasteiger charge is 2.28. The van der Waals surface area contributed by atoms with Crippen molar-refractivity contribution < 1.29 is 25.2 Å². The number of amides is 1. The molecule has 0 saturated carbocycles. The quantitative estimate of drug-likeness (QED) is 0.0314. The zero-order chi connectivity index (χ0) is 39.6. The minimum atomic E-state index is -1.26. The predicted octanol–water partition coefficient (Wildman–Crippen LogP) is 12.7. The number of aliphatic hydroxyl groups is 4. The van der Waals surface area contributed by atoms with Gasteiger partial charge in [0.2, 0.25) is 5.91 Å². The van der Waals surface area contributed by atoms with Crippen molar-refractivity contribution in [3.8, 4) is 0 Å². The minimum Gasteiger partial charge on any atom is -0.394 e. The summed E-state index contributed by atoms with van der Waals surface area (Å²) in [4.78, 5) is 12.5. The van der Waals surface area contributed by atoms with E-state index in [-0.39, 0.29) is 0 Å². The molecule has 0 spiro atoms. The second kappa shape index (κ2) is 42.9. The van der Waals surface area contributed by atoms with Crippen LogP contribution in [0.2, 0.25) is 0 Å². The molecule has 0 aromatic heterocycles. The van der Waals surface area contributed by atoms with E-state index < -0.39 is 36.9 Å². The lowest BCUT2D eigenvalue weighted by Gasteiger charge is -2.27. The van der Waals surface area contributed by atoms with Gasteiger partial charge in [-0.1, -0.05) is 231 Å². The third-order valence-corrected chi connectivity index (χ3v) is 11.2. The summed E-state index contributed by atoms with van der Waals surface area (Å²) < 4.78 is 0. The molecular weight excluding hydrogens is 671 g/mol. The van der Waals surface area contributed by atoms with Crippen molar-refractivity contribution in [1.82, 2.24) is 5.32 Å². The van der Waals surface area contributed by atoms with Gasteiger partial charge in [-0.15, -0.1) is 0 Å². The number of carbonyl (C=O) groups is 1. The van der Waals surface area contributed by atoms with Crippen LogP contribution in [-0.2, 0) is 4.79 Å². The second-order valence-corrected chi connectivity index (χ2v) is 16.5. The molecule has 0 bridgehead atoms. The number of rotatable bonds is 43. The molecule has 0 aliphatic rings. The molecule has 0 aliphatic carbocycles. The number of unbranched alkanes of at least 4 members (excludes halogenated alkanes) is 31. The molecule has 1 amide bonds. The van der Waals surface area contributed by atoms with Gasteiger partial charge in [-0.3, -0.25) is 4.79 Å². The van der Waals surface area contributed by atoms with E-state index in [1.54, 1.807) is 0 Å². The Kier molecular flexibility index (Phi) is 42.0. The fourth-order valence-corrected chi connectivity index (χ4v) is 7.40. The molecule has 0 aliphatic heterocycles. The molecule has 4 atom stereocenters. The van der Waals surface area contributed by atoms with Crippen LogP contribution in [-0.4, -0.2) is 57.3 Å². The van der Waals surface area contributed by atoms with Gasteiger partial charge in [0.15, 0.2) is 0 Å². The maximum absolute atomic E-state index is 12.5. The largest absolute Gasteiger partial charge is 0.394 e. The van der Waals surface area contributed by atoms with E-state index in [9.17, 15) is 25.2 Å². The number of carbonyl (C=O) groups excluding carboxylic acids is 1. The van der Waals surface area contributed by atoms with Gasteiger partial charge in [0.25, 0.3) is 0 Å². The smallest absolute Gasteiger partial charge is 0.249 e. The normalized spacial score (nSPS) is 14.3. The fraction of sp³-hybridized carbons (Fsp3) is 0.896. The van der Waals surface area contributed by atoms with Crippen LogP contribution in [0.5, 0.6) is 0 Å². The molecule has 0 heterocycles. The number of hydrogen-bond acceptors (Lipinski definition) is 5. The Balaban J connectivity index is 3.67. The van der Waals surface area contributed by atoms with Crippen molar-refractivity contribution in [1.29, 1.82) is 0 Å². The van der Waals surface area contributed by atoms with E-state index in [2.05, 4.69) is 43.5 Å². The molecule has 0 aromatic carbocycles. The van der Waals surface area contributed by atoms with Crippen LogP contribution in [0.3, 0.4) is 0 Å². The molecule has 0 rings (SSSR count). The highest BCUT2D eigenvalue weighted by atomic mass is 16.3. The van der Waals surface area contributed by atoms with Crippen molar-refractivity contribution in [2.75, 3.05) is 6.61 Å². The van der Waals surface area contributed by atoms with Crippen LogP contribution in [0, 0.1) is 0 Å². The van der Waals surface area contributed by atoms with E-state index in [4.69, 9.17) is 0 Å². The van der Waals surface area contributed by atoms with Crippen LogP contribution >= 0.6 is 0 Å². The van der Waals surface area contributed by atoms with Crippen LogP contribution in [0.15, 0.2) is 24.3 Å². The van der Waals surface area contributed by atoms with Crippen molar-refractivity contribution >= 4 is 5.91 Å². The summed E-state index contributed by atoms with van der Waals surface area (Å²) in [5.41, 5.74) is 0. The van der Waals surface area contributed by atoms with Gasteiger partial charge in [-0.05, 0) is 38.5 Å². The first-order chi connectivity index (χ1) is 26.5. The monoisotopic (exact) mass is 764 g/mol. The zero-order valence-electron chi connectivity index (χ0n) is 36.0. The van der Waals surface area contributed by atoms with Gasteiger partial charge < -0.3 is 25.7 Å². The van der Waals surface area contributed by atoms with Gasteiger partial charge in [-0.25, -0.2) is 0 Å². The Labute approximate surface area is 335 Å². The molecule has 0 aromatic rings. The Bertz CT molecular complexity index is 817. The first kappa shape index (κ1) is 52.8. The number of aliphatic hydroxyl groups excluding tert-OH is 4. The summed E-state index contributed by atoms with van der Waals surface area (Å²) in [6.07, 6.45) is 49.3. The maximum atomic E-state index is 12.5. The summed E-state index contributed by atoms with van der Waals surface area (Å²) in [7, 11) is 0. The molecule has 5 N–H and O–H groups in total. The van der Waals surface area contributed by atoms with Gasteiger partial charge in [0, 0.05) is 0 Å². The maximum Gasteiger partial charge on any atom is 0.249 e. The average Bonchev–Trinajstić information content (AvgIpc) is 3.18. The van der Waals surface area contributed by atoms with E-state index in [0.29, 0.717) is 12.8 Å². The molecule has 6 heteroatoms. The third-order valence-electron chi connectivity index (χ3n) is 11.2. The van der Waals surface area contributed by atoms with E-state index in [0.717, 1.165) is 64.2 Å². The Morgan fingerprint density at radius 1 is 0.463 bits per heavy atom. The first-order valence-electron chi connectivity index (χ1n) is 23.7. The predicted molar refractivity (Wildman–Crippen MR) is 233 cm³/mol. The Morgan fingerprint density at radius 2 is 0.778 bits per heavy atom. The minimum absolute atomic E-state index is 0.352. The number of nitrogens with one attached hydrogen (secondary N) is 1. The molecule has 0 radical (unpaired) electrons. The molecular formula is C48H93NO5. The lowest BCUT2D eigenvalue weighted by molar-refractivity contribution is -0.132. The molecule has 4 unspecified atom stereocenters. The molecule has 6 nitrogen and oxygen atoms in total. The average molecular weight is 764 g/mol. The van der Waals surface area contributed by atoms with Crippen molar-refractivity contribution in [2.24, 2.45) is 0 Å². The van der Waals surface area contributed by atoms with Crippen LogP contribution < -0.4 is 5.32 Å². The summed E-state index contributed by atoms with van der Waals surface area (Å²) in [5.74, 6) is -0.594. The van der Waals surface area contributed by atoms with Crippen LogP contribution in [0.4, 0.5) is 0 Å². The summed E-state index contributed by atoms with van der Waals surface area (Å²) in [6.45, 7) is 4.02. The fourth-order valence-electron chi connectivity index (χ4n) is 7.40. The number of allylic oxidation sites excluding steroid dienone is 4. The number of hydrogen-bond donors (Lipinski definition) is 5. The van der Waals surface area contributed by atoms with Gasteiger partial charge in [0.05, 0.1) is 18.8 Å². The molecule has 320 valence electrons. The van der Waals surface area contributed by atoms with Crippen molar-refractivity contribution in [2.45, 2.75) is 269 Å². The van der Waals surface area contributed by atoms with E-state index in [1.165, 1.54) is 154 Å². The second-order valence-electron chi connectivity index (χ2n) is 16.5. The lowest BCUT2D eigenvalue weighted by Crippen LogP contribution is -2.53. The van der Waals surface area contributed by atoms with E-state index in [1.807, 2.05) is 0 Å². The standard InChI is InChI=1S/C48H93NO5/c1-3-5-7-9-11-13-15-17-19-20-21-22-23-24-25-26-27-28-30-31-33-35-37-39-41-45(51)47(53)44(43-50)49-48(54)46(52)42-40-38-36-34-32-29-18-16-14-12-10-8-6-4-2/h12,14,16,18,44-47,50-53H,3-11,13,15,17,19-43H2,1-2H3,(H,49,54)/b14-12-,18-16-. The molecule has 0 fully saturated rings. The summed E-state index contributed by atoms with van der Waals surface area (Å²) >= 11 is 0. The van der Waals surface area contributed by atoms with Crippen molar-refractivity contribution in [3.05, 3.63) is 24.3 Å². The van der Waals surface area contributed by atoms with Gasteiger partial charge in [0.1, 0.15) is 12.2 Å².